The third-order valence-corrected chi connectivity index (χ3v) is 7.50. The predicted molar refractivity (Wildman–Crippen MR) is 166 cm³/mol. The van der Waals surface area contributed by atoms with Gasteiger partial charge in [-0.15, -0.1) is 0 Å². The molecule has 0 bridgehead atoms. The molecule has 0 saturated heterocycles. The molecule has 0 amide bonds. The number of ether oxygens (including phenoxy) is 1. The zero-order valence-corrected chi connectivity index (χ0v) is 26.1. The van der Waals surface area contributed by atoms with E-state index in [0.29, 0.717) is 12.1 Å². The topological polar surface area (TPSA) is 102 Å². The number of halogens is 8. The highest BCUT2D eigenvalue weighted by atomic mass is 35.5. The van der Waals surface area contributed by atoms with Gasteiger partial charge in [-0.25, -0.2) is 0 Å². The van der Waals surface area contributed by atoms with Crippen LogP contribution in [0.2, 0.25) is 10.0 Å². The van der Waals surface area contributed by atoms with Gasteiger partial charge in [0.05, 0.1) is 32.1 Å². The first-order valence-electron chi connectivity index (χ1n) is 13.1. The molecule has 0 aliphatic carbocycles. The zero-order valence-electron chi connectivity index (χ0n) is 24.6. The smallest absolute Gasteiger partial charge is 0.416 e. The highest BCUT2D eigenvalue weighted by molar-refractivity contribution is 6.34. The van der Waals surface area contributed by atoms with Gasteiger partial charge < -0.3 is 14.5 Å². The van der Waals surface area contributed by atoms with Gasteiger partial charge >= 0.3 is 12.4 Å². The molecule has 9 nitrogen and oxygen atoms in total. The molecule has 0 N–H and O–H groups in total. The Morgan fingerprint density at radius 3 is 1.21 bits per heavy atom. The average Bonchev–Trinajstić information content (AvgIpc) is 2.95. The van der Waals surface area contributed by atoms with E-state index in [1.165, 1.54) is 38.0 Å². The minimum absolute atomic E-state index is 0.0917. The van der Waals surface area contributed by atoms with Crippen molar-refractivity contribution < 1.29 is 40.9 Å². The van der Waals surface area contributed by atoms with Crippen LogP contribution in [0.3, 0.4) is 0 Å². The Bertz CT molecular complexity index is 1760. The van der Waals surface area contributed by atoms with Gasteiger partial charge in [-0.05, 0) is 36.4 Å². The van der Waals surface area contributed by atoms with E-state index < -0.39 is 54.7 Å². The lowest BCUT2D eigenvalue weighted by Gasteiger charge is -2.24. The van der Waals surface area contributed by atoms with Crippen LogP contribution in [0.4, 0.5) is 49.1 Å². The van der Waals surface area contributed by atoms with Gasteiger partial charge in [0.1, 0.15) is 22.9 Å². The molecule has 17 heteroatoms. The van der Waals surface area contributed by atoms with Crippen molar-refractivity contribution in [2.75, 3.05) is 38.0 Å². The zero-order chi connectivity index (χ0) is 35.2. The Balaban J connectivity index is 2.09. The van der Waals surface area contributed by atoms with Crippen LogP contribution in [-0.2, 0) is 12.4 Å². The SMILES string of the molecule is CN(C)c1c([N+](=O)[O-])ccc(Oc2ccc([N+](=O)[O-])c(N(C)C)c2-c2ccc(C(F)(F)F)cc2Cl)c1-c1ccc(C(F)(F)F)cc1Cl. The number of anilines is 2. The van der Waals surface area contributed by atoms with Crippen molar-refractivity contribution in [3.05, 3.63) is 102 Å². The summed E-state index contributed by atoms with van der Waals surface area (Å²) in [6.45, 7) is 0. The maximum Gasteiger partial charge on any atom is 0.416 e. The van der Waals surface area contributed by atoms with Crippen molar-refractivity contribution in [3.63, 3.8) is 0 Å². The number of hydrogen-bond acceptors (Lipinski definition) is 7. The van der Waals surface area contributed by atoms with Gasteiger partial charge in [0.25, 0.3) is 11.4 Å². The largest absolute Gasteiger partial charge is 0.456 e. The van der Waals surface area contributed by atoms with Crippen LogP contribution in [0.15, 0.2) is 60.7 Å². The molecule has 0 aromatic heterocycles. The van der Waals surface area contributed by atoms with Crippen LogP contribution < -0.4 is 14.5 Å². The molecule has 4 aromatic rings. The number of nitro groups is 2. The van der Waals surface area contributed by atoms with Crippen molar-refractivity contribution in [1.82, 2.24) is 0 Å². The molecule has 47 heavy (non-hydrogen) atoms. The van der Waals surface area contributed by atoms with Crippen LogP contribution in [0.1, 0.15) is 11.1 Å². The Morgan fingerprint density at radius 2 is 0.957 bits per heavy atom. The maximum atomic E-state index is 13.5. The first kappa shape index (κ1) is 35.1. The van der Waals surface area contributed by atoms with Gasteiger partial charge in [-0.3, -0.25) is 20.2 Å². The van der Waals surface area contributed by atoms with E-state index in [1.54, 1.807) is 0 Å². The summed E-state index contributed by atoms with van der Waals surface area (Å²) < 4.78 is 87.0. The molecule has 248 valence electrons. The fourth-order valence-electron chi connectivity index (χ4n) is 4.92. The molecule has 4 rings (SSSR count). The van der Waals surface area contributed by atoms with Crippen LogP contribution in [-0.4, -0.2) is 38.0 Å². The molecule has 0 spiro atoms. The van der Waals surface area contributed by atoms with Crippen molar-refractivity contribution in [2.45, 2.75) is 12.4 Å². The molecule has 0 fully saturated rings. The summed E-state index contributed by atoms with van der Waals surface area (Å²) in [7, 11) is 5.77. The van der Waals surface area contributed by atoms with Crippen LogP contribution in [0.5, 0.6) is 11.5 Å². The number of nitro benzene ring substituents is 2. The van der Waals surface area contributed by atoms with Crippen molar-refractivity contribution in [2.24, 2.45) is 0 Å². The second-order valence-corrected chi connectivity index (χ2v) is 11.2. The Kier molecular flexibility index (Phi) is 9.56. The summed E-state index contributed by atoms with van der Waals surface area (Å²) in [5, 5.41) is 23.2. The summed E-state index contributed by atoms with van der Waals surface area (Å²) >= 11 is 12.7. The molecule has 0 heterocycles. The van der Waals surface area contributed by atoms with Gasteiger partial charge in [-0.1, -0.05) is 35.3 Å². The first-order chi connectivity index (χ1) is 21.7. The molecule has 0 radical (unpaired) electrons. The van der Waals surface area contributed by atoms with Gasteiger partial charge in [-0.2, -0.15) is 26.3 Å². The number of hydrogen-bond donors (Lipinski definition) is 0. The maximum absolute atomic E-state index is 13.5. The standard InChI is InChI=1S/C30H22Cl2F6N4O5/c1-39(2)27-21(41(43)44)9-11-23(25(27)17-7-5-15(13-19(17)31)29(33,34)35)47-24-12-10-22(42(45)46)28(40(3)4)26(24)18-8-6-16(14-20(18)32)30(36,37)38/h5-14H,1-4H3. The molecule has 0 aliphatic rings. The summed E-state index contributed by atoms with van der Waals surface area (Å²) in [5.74, 6) is -0.382. The molecule has 4 aromatic carbocycles. The van der Waals surface area contributed by atoms with Crippen molar-refractivity contribution >= 4 is 46.0 Å². The van der Waals surface area contributed by atoms with E-state index >= 15 is 0 Å². The summed E-state index contributed by atoms with van der Waals surface area (Å²) in [4.78, 5) is 25.3. The van der Waals surface area contributed by atoms with E-state index in [2.05, 4.69) is 0 Å². The lowest BCUT2D eigenvalue weighted by molar-refractivity contribution is -0.384. The Hall–Kier alpha value is -4.76. The molecular weight excluding hydrogens is 681 g/mol. The molecule has 0 atom stereocenters. The highest BCUT2D eigenvalue weighted by Gasteiger charge is 2.35. The third kappa shape index (κ3) is 7.00. The normalized spacial score (nSPS) is 11.7. The van der Waals surface area contributed by atoms with Gasteiger partial charge in [0.2, 0.25) is 0 Å². The fraction of sp³-hybridized carbons (Fsp3) is 0.200. The lowest BCUT2D eigenvalue weighted by Crippen LogP contribution is -2.14. The highest BCUT2D eigenvalue weighted by Crippen LogP contribution is 2.52. The Morgan fingerprint density at radius 1 is 0.617 bits per heavy atom. The fourth-order valence-corrected chi connectivity index (χ4v) is 5.47. The third-order valence-electron chi connectivity index (χ3n) is 6.88. The molecule has 0 saturated carbocycles. The van der Waals surface area contributed by atoms with Gasteiger partial charge in [0.15, 0.2) is 0 Å². The number of benzene rings is 4. The first-order valence-corrected chi connectivity index (χ1v) is 13.9. The van der Waals surface area contributed by atoms with Gasteiger partial charge in [0, 0.05) is 61.5 Å². The quantitative estimate of drug-likeness (QED) is 0.102. The second-order valence-electron chi connectivity index (χ2n) is 10.4. The van der Waals surface area contributed by atoms with Crippen molar-refractivity contribution in [3.8, 4) is 33.8 Å². The minimum Gasteiger partial charge on any atom is -0.456 e. The minimum atomic E-state index is -4.76. The van der Waals surface area contributed by atoms with E-state index in [0.717, 1.165) is 48.5 Å². The van der Waals surface area contributed by atoms with E-state index in [-0.39, 0.29) is 45.1 Å². The van der Waals surface area contributed by atoms with Crippen LogP contribution >= 0.6 is 23.2 Å². The summed E-state index contributed by atoms with van der Waals surface area (Å²) in [5.41, 5.74) is -3.73. The summed E-state index contributed by atoms with van der Waals surface area (Å²) in [6.07, 6.45) is -9.52. The molecule has 0 aliphatic heterocycles. The lowest BCUT2D eigenvalue weighted by atomic mass is 9.97. The Labute approximate surface area is 272 Å². The summed E-state index contributed by atoms with van der Waals surface area (Å²) in [6, 6.07) is 9.23. The average molecular weight is 703 g/mol. The van der Waals surface area contributed by atoms with E-state index in [1.807, 2.05) is 0 Å². The van der Waals surface area contributed by atoms with E-state index in [4.69, 9.17) is 27.9 Å². The van der Waals surface area contributed by atoms with E-state index in [9.17, 15) is 46.6 Å². The van der Waals surface area contributed by atoms with Crippen molar-refractivity contribution in [1.29, 1.82) is 0 Å². The molecular formula is C30H22Cl2F6N4O5. The monoisotopic (exact) mass is 702 g/mol. The molecule has 0 unspecified atom stereocenters. The second kappa shape index (κ2) is 12.8. The predicted octanol–water partition coefficient (Wildman–Crippen LogP) is 10.1. The van der Waals surface area contributed by atoms with Crippen LogP contribution in [0, 0.1) is 20.2 Å². The number of rotatable bonds is 8. The number of nitrogens with zero attached hydrogens (tertiary/aromatic N) is 4. The van der Waals surface area contributed by atoms with Crippen LogP contribution in [0.25, 0.3) is 22.3 Å². The number of alkyl halides is 6.